The lowest BCUT2D eigenvalue weighted by Crippen LogP contribution is -2.46. The number of carbonyl (C=O) groups is 2. The Morgan fingerprint density at radius 3 is 2.66 bits per heavy atom. The van der Waals surface area contributed by atoms with Crippen LogP contribution in [0.1, 0.15) is 25.3 Å². The van der Waals surface area contributed by atoms with Crippen LogP contribution in [0.2, 0.25) is 0 Å². The summed E-state index contributed by atoms with van der Waals surface area (Å²) in [6.07, 6.45) is 6.45. The molecular weight excluding hydrogens is 424 g/mol. The van der Waals surface area contributed by atoms with E-state index in [0.29, 0.717) is 32.5 Å². The first-order valence-corrected chi connectivity index (χ1v) is 11.6. The second kappa shape index (κ2) is 10.3. The first kappa shape index (κ1) is 21.8. The number of ether oxygens (including phenoxy) is 1. The number of carbonyl (C=O) groups excluding carboxylic acids is 2. The molecule has 0 spiro atoms. The minimum atomic E-state index is -0.284. The molecule has 1 saturated heterocycles. The molecule has 0 radical (unpaired) electrons. The molecule has 0 saturated carbocycles. The van der Waals surface area contributed by atoms with Crippen LogP contribution in [0.4, 0.5) is 4.79 Å². The van der Waals surface area contributed by atoms with Crippen molar-refractivity contribution in [3.8, 4) is 16.3 Å². The van der Waals surface area contributed by atoms with Crippen molar-refractivity contribution in [1.82, 2.24) is 20.0 Å². The number of hydrogen-bond acceptors (Lipinski definition) is 5. The summed E-state index contributed by atoms with van der Waals surface area (Å²) in [6, 6.07) is 14.0. The summed E-state index contributed by atoms with van der Waals surface area (Å²) in [7, 11) is 0. The van der Waals surface area contributed by atoms with E-state index in [9.17, 15) is 9.59 Å². The molecule has 1 aromatic carbocycles. The summed E-state index contributed by atoms with van der Waals surface area (Å²) >= 11 is 1.61. The molecule has 0 aliphatic carbocycles. The van der Waals surface area contributed by atoms with Crippen LogP contribution in [0.25, 0.3) is 22.3 Å². The minimum Gasteiger partial charge on any atom is -0.450 e. The summed E-state index contributed by atoms with van der Waals surface area (Å²) in [5.41, 5.74) is 2.68. The zero-order valence-corrected chi connectivity index (χ0v) is 18.8. The third kappa shape index (κ3) is 5.26. The number of aromatic nitrogens is 2. The van der Waals surface area contributed by atoms with Crippen molar-refractivity contribution in [1.29, 1.82) is 0 Å². The van der Waals surface area contributed by atoms with Crippen LogP contribution >= 0.6 is 11.3 Å². The van der Waals surface area contributed by atoms with Crippen molar-refractivity contribution in [2.75, 3.05) is 19.7 Å². The minimum absolute atomic E-state index is 0.0432. The maximum absolute atomic E-state index is 12.5. The summed E-state index contributed by atoms with van der Waals surface area (Å²) in [5, 5.41) is 9.81. The van der Waals surface area contributed by atoms with Gasteiger partial charge >= 0.3 is 6.09 Å². The van der Waals surface area contributed by atoms with Gasteiger partial charge in [0.1, 0.15) is 5.69 Å². The van der Waals surface area contributed by atoms with E-state index in [2.05, 4.69) is 5.32 Å². The number of rotatable bonds is 6. The molecule has 1 aliphatic rings. The van der Waals surface area contributed by atoms with Gasteiger partial charge in [-0.25, -0.2) is 9.48 Å². The number of likely N-dealkylation sites (tertiary alicyclic amines) is 1. The summed E-state index contributed by atoms with van der Waals surface area (Å²) in [5.74, 6) is -0.149. The van der Waals surface area contributed by atoms with E-state index in [1.807, 2.05) is 64.8 Å². The average Bonchev–Trinajstić information content (AvgIpc) is 3.49. The fourth-order valence-corrected chi connectivity index (χ4v) is 4.39. The van der Waals surface area contributed by atoms with Gasteiger partial charge in [-0.3, -0.25) is 4.79 Å². The second-order valence-corrected chi connectivity index (χ2v) is 8.44. The Kier molecular flexibility index (Phi) is 7.01. The third-order valence-corrected chi connectivity index (χ3v) is 6.18. The van der Waals surface area contributed by atoms with Crippen LogP contribution in [-0.2, 0) is 9.53 Å². The number of piperidine rings is 1. The molecular formula is C24H26N4O3S. The van der Waals surface area contributed by atoms with Gasteiger partial charge in [0.15, 0.2) is 0 Å². The number of hydrogen-bond donors (Lipinski definition) is 1. The Morgan fingerprint density at radius 2 is 1.97 bits per heavy atom. The molecule has 0 unspecified atom stereocenters. The molecule has 2 amide bonds. The van der Waals surface area contributed by atoms with Crippen molar-refractivity contribution >= 4 is 29.4 Å². The molecule has 1 aliphatic heterocycles. The van der Waals surface area contributed by atoms with Gasteiger partial charge in [-0.15, -0.1) is 11.3 Å². The smallest absolute Gasteiger partial charge is 0.409 e. The predicted molar refractivity (Wildman–Crippen MR) is 126 cm³/mol. The van der Waals surface area contributed by atoms with E-state index in [-0.39, 0.29) is 18.0 Å². The normalized spacial score (nSPS) is 14.6. The van der Waals surface area contributed by atoms with Gasteiger partial charge in [0.25, 0.3) is 0 Å². The summed E-state index contributed by atoms with van der Waals surface area (Å²) < 4.78 is 6.87. The Morgan fingerprint density at radius 1 is 1.19 bits per heavy atom. The van der Waals surface area contributed by atoms with Gasteiger partial charge in [-0.1, -0.05) is 24.3 Å². The molecule has 0 atom stereocenters. The van der Waals surface area contributed by atoms with Gasteiger partial charge in [0, 0.05) is 37.0 Å². The number of nitrogens with one attached hydrogen (secondary N) is 1. The maximum Gasteiger partial charge on any atom is 0.409 e. The van der Waals surface area contributed by atoms with Gasteiger partial charge in [0.2, 0.25) is 5.91 Å². The number of thiophene rings is 1. The van der Waals surface area contributed by atoms with Gasteiger partial charge in [0.05, 0.1) is 17.2 Å². The molecule has 166 valence electrons. The molecule has 4 rings (SSSR count). The Labute approximate surface area is 191 Å². The van der Waals surface area contributed by atoms with Crippen LogP contribution in [-0.4, -0.2) is 52.4 Å². The van der Waals surface area contributed by atoms with Gasteiger partial charge < -0.3 is 15.0 Å². The van der Waals surface area contributed by atoms with E-state index in [1.165, 1.54) is 0 Å². The van der Waals surface area contributed by atoms with E-state index < -0.39 is 0 Å². The van der Waals surface area contributed by atoms with E-state index in [0.717, 1.165) is 21.8 Å². The number of nitrogens with zero attached hydrogens (tertiary/aromatic N) is 3. The van der Waals surface area contributed by atoms with Crippen molar-refractivity contribution < 1.29 is 14.3 Å². The molecule has 1 fully saturated rings. The lowest BCUT2D eigenvalue weighted by Gasteiger charge is -2.31. The average molecular weight is 451 g/mol. The molecule has 7 nitrogen and oxygen atoms in total. The second-order valence-electron chi connectivity index (χ2n) is 7.49. The fourth-order valence-electron chi connectivity index (χ4n) is 3.66. The SMILES string of the molecule is CCOC(=O)N1CCC(NC(=O)/C=C/c2cn(-c3ccccc3)nc2-c2cccs2)CC1. The van der Waals surface area contributed by atoms with Crippen LogP contribution in [0.3, 0.4) is 0 Å². The maximum atomic E-state index is 12.5. The Bertz CT molecular complexity index is 1070. The first-order chi connectivity index (χ1) is 15.6. The fraction of sp³-hybridized carbons (Fsp3) is 0.292. The Balaban J connectivity index is 1.42. The molecule has 1 N–H and O–H groups in total. The highest BCUT2D eigenvalue weighted by Crippen LogP contribution is 2.28. The van der Waals surface area contributed by atoms with Crippen molar-refractivity contribution in [3.05, 3.63) is 65.7 Å². The van der Waals surface area contributed by atoms with Gasteiger partial charge in [-0.05, 0) is 49.4 Å². The quantitative estimate of drug-likeness (QED) is 0.567. The molecule has 2 aromatic heterocycles. The van der Waals surface area contributed by atoms with Crippen LogP contribution in [0.15, 0.2) is 60.1 Å². The summed E-state index contributed by atoms with van der Waals surface area (Å²) in [6.45, 7) is 3.33. The molecule has 3 aromatic rings. The number of benzene rings is 1. The van der Waals surface area contributed by atoms with Crippen molar-refractivity contribution in [2.24, 2.45) is 0 Å². The summed E-state index contributed by atoms with van der Waals surface area (Å²) in [4.78, 5) is 27.1. The molecule has 32 heavy (non-hydrogen) atoms. The standard InChI is InChI=1S/C24H26N4O3S/c1-2-31-24(30)27-14-12-19(13-15-27)25-22(29)11-10-18-17-28(20-7-4-3-5-8-20)26-23(18)21-9-6-16-32-21/h3-11,16-17,19H,2,12-15H2,1H3,(H,25,29)/b11-10+. The highest BCUT2D eigenvalue weighted by atomic mass is 32.1. The molecule has 0 bridgehead atoms. The Hall–Kier alpha value is -3.39. The van der Waals surface area contributed by atoms with Crippen LogP contribution < -0.4 is 5.32 Å². The van der Waals surface area contributed by atoms with Crippen molar-refractivity contribution in [3.63, 3.8) is 0 Å². The van der Waals surface area contributed by atoms with Crippen molar-refractivity contribution in [2.45, 2.75) is 25.8 Å². The van der Waals surface area contributed by atoms with E-state index in [4.69, 9.17) is 9.84 Å². The van der Waals surface area contributed by atoms with Crippen LogP contribution in [0, 0.1) is 0 Å². The lowest BCUT2D eigenvalue weighted by molar-refractivity contribution is -0.117. The van der Waals surface area contributed by atoms with E-state index >= 15 is 0 Å². The topological polar surface area (TPSA) is 76.5 Å². The highest BCUT2D eigenvalue weighted by Gasteiger charge is 2.24. The monoisotopic (exact) mass is 450 g/mol. The lowest BCUT2D eigenvalue weighted by atomic mass is 10.1. The number of amides is 2. The number of para-hydroxylation sites is 1. The predicted octanol–water partition coefficient (Wildman–Crippen LogP) is 4.35. The van der Waals surface area contributed by atoms with E-state index in [1.54, 1.807) is 29.2 Å². The van der Waals surface area contributed by atoms with Gasteiger partial charge in [-0.2, -0.15) is 5.10 Å². The highest BCUT2D eigenvalue weighted by molar-refractivity contribution is 7.13. The molecule has 3 heterocycles. The zero-order valence-electron chi connectivity index (χ0n) is 17.9. The largest absolute Gasteiger partial charge is 0.450 e. The molecule has 8 heteroatoms. The van der Waals surface area contributed by atoms with Crippen LogP contribution in [0.5, 0.6) is 0 Å². The third-order valence-electron chi connectivity index (χ3n) is 5.30. The zero-order chi connectivity index (χ0) is 22.3. The first-order valence-electron chi connectivity index (χ1n) is 10.7.